The number of nitrogens with two attached hydrogens (primary N) is 1. The summed E-state index contributed by atoms with van der Waals surface area (Å²) in [5.41, 5.74) is 7.87. The third kappa shape index (κ3) is 16.1. The monoisotopic (exact) mass is 853 g/mol. The number of nitrogens with zero attached hydrogens (tertiary/aromatic N) is 1. The Morgan fingerprint density at radius 1 is 0.770 bits per heavy atom. The van der Waals surface area contributed by atoms with E-state index in [2.05, 4.69) is 58.3 Å². The van der Waals surface area contributed by atoms with Crippen molar-refractivity contribution in [3.05, 3.63) is 11.6 Å². The van der Waals surface area contributed by atoms with Crippen LogP contribution in [0.2, 0.25) is 0 Å². The van der Waals surface area contributed by atoms with Gasteiger partial charge in [0.2, 0.25) is 11.8 Å². The molecule has 0 bridgehead atoms. The zero-order valence-corrected chi connectivity index (χ0v) is 40.6. The number of rotatable bonds is 30. The average Bonchev–Trinajstić information content (AvgIpc) is 3.59. The topological polar surface area (TPSA) is 114 Å². The molecular formula is C53H96N4O4. The highest BCUT2D eigenvalue weighted by Gasteiger charge is 2.59. The van der Waals surface area contributed by atoms with Crippen molar-refractivity contribution >= 4 is 17.9 Å². The summed E-state index contributed by atoms with van der Waals surface area (Å²) in [5, 5.41) is 6.00. The van der Waals surface area contributed by atoms with Gasteiger partial charge in [0.15, 0.2) is 0 Å². The number of ether oxygens (including phenoxy) is 1. The molecule has 61 heavy (non-hydrogen) atoms. The summed E-state index contributed by atoms with van der Waals surface area (Å²) in [6, 6.07) is 0. The maximum absolute atomic E-state index is 13.4. The number of alkyl carbamates (subject to hydrolysis) is 1. The SMILES string of the molecule is CCCCCCCCCCCCCC(=O)N(CCCNC(=O)O[C@H]1CC[C@@]2(C)C(=CC[C@H]3[C@@H]4CC[C@H]([C@H](C)CCCC(C)C)[C@@]4(C)CC[C@@H]32)C1)CC(=O)NCCCCCCN. The maximum Gasteiger partial charge on any atom is 0.407 e. The second kappa shape index (κ2) is 27.3. The van der Waals surface area contributed by atoms with E-state index in [4.69, 9.17) is 10.5 Å². The van der Waals surface area contributed by atoms with E-state index in [0.29, 0.717) is 44.4 Å². The highest BCUT2D eigenvalue weighted by atomic mass is 16.6. The van der Waals surface area contributed by atoms with Crippen LogP contribution in [0.5, 0.6) is 0 Å². The van der Waals surface area contributed by atoms with Gasteiger partial charge >= 0.3 is 6.09 Å². The Hall–Kier alpha value is -2.09. The number of allylic oxidation sites excluding steroid dienone is 1. The van der Waals surface area contributed by atoms with Crippen LogP contribution in [0.4, 0.5) is 4.79 Å². The van der Waals surface area contributed by atoms with Crippen molar-refractivity contribution in [2.75, 3.05) is 32.7 Å². The molecule has 8 nitrogen and oxygen atoms in total. The Kier molecular flexibility index (Phi) is 23.1. The minimum absolute atomic E-state index is 0.0341. The van der Waals surface area contributed by atoms with E-state index < -0.39 is 0 Å². The lowest BCUT2D eigenvalue weighted by molar-refractivity contribution is -0.136. The van der Waals surface area contributed by atoms with Crippen LogP contribution < -0.4 is 16.4 Å². The summed E-state index contributed by atoms with van der Waals surface area (Å²) in [6.45, 7) is 17.0. The quantitative estimate of drug-likeness (QED) is 0.0492. The molecule has 4 N–H and O–H groups in total. The van der Waals surface area contributed by atoms with E-state index in [1.807, 2.05) is 0 Å². The van der Waals surface area contributed by atoms with Gasteiger partial charge in [-0.1, -0.05) is 150 Å². The second-order valence-corrected chi connectivity index (χ2v) is 21.5. The van der Waals surface area contributed by atoms with Gasteiger partial charge in [-0.05, 0) is 124 Å². The summed E-state index contributed by atoms with van der Waals surface area (Å²) in [4.78, 5) is 41.1. The summed E-state index contributed by atoms with van der Waals surface area (Å²) in [7, 11) is 0. The van der Waals surface area contributed by atoms with Crippen molar-refractivity contribution in [2.24, 2.45) is 52.1 Å². The molecule has 3 amide bonds. The molecule has 0 aromatic rings. The molecule has 8 heteroatoms. The van der Waals surface area contributed by atoms with Crippen LogP contribution >= 0.6 is 0 Å². The van der Waals surface area contributed by atoms with E-state index in [0.717, 1.165) is 99.7 Å². The molecule has 0 unspecified atom stereocenters. The lowest BCUT2D eigenvalue weighted by Gasteiger charge is -2.58. The number of fused-ring (bicyclic) bond motifs is 5. The van der Waals surface area contributed by atoms with Gasteiger partial charge < -0.3 is 26.0 Å². The first kappa shape index (κ1) is 51.5. The van der Waals surface area contributed by atoms with E-state index >= 15 is 0 Å². The first-order chi connectivity index (χ1) is 29.4. The van der Waals surface area contributed by atoms with Crippen molar-refractivity contribution in [1.29, 1.82) is 0 Å². The van der Waals surface area contributed by atoms with Crippen LogP contribution in [0.1, 0.15) is 221 Å². The van der Waals surface area contributed by atoms with E-state index in [9.17, 15) is 14.4 Å². The molecule has 0 spiro atoms. The number of nitrogens with one attached hydrogen (secondary N) is 2. The maximum atomic E-state index is 13.4. The molecule has 0 aliphatic heterocycles. The van der Waals surface area contributed by atoms with E-state index in [-0.39, 0.29) is 36.0 Å². The number of amides is 3. The molecule has 0 saturated heterocycles. The lowest BCUT2D eigenvalue weighted by Crippen LogP contribution is -2.51. The summed E-state index contributed by atoms with van der Waals surface area (Å²) in [6.07, 6.45) is 34.6. The Bertz CT molecular complexity index is 1320. The molecule has 4 rings (SSSR count). The van der Waals surface area contributed by atoms with Crippen LogP contribution in [-0.4, -0.2) is 61.6 Å². The zero-order chi connectivity index (χ0) is 44.1. The Morgan fingerprint density at radius 3 is 2.15 bits per heavy atom. The molecular weight excluding hydrogens is 757 g/mol. The third-order valence-corrected chi connectivity index (χ3v) is 16.5. The van der Waals surface area contributed by atoms with Gasteiger partial charge in [-0.25, -0.2) is 4.79 Å². The molecule has 3 saturated carbocycles. The van der Waals surface area contributed by atoms with Crippen molar-refractivity contribution in [2.45, 2.75) is 227 Å². The highest BCUT2D eigenvalue weighted by molar-refractivity contribution is 5.84. The number of hydrogen-bond donors (Lipinski definition) is 3. The molecule has 3 fully saturated rings. The fourth-order valence-corrected chi connectivity index (χ4v) is 12.9. The molecule has 0 aromatic carbocycles. The number of unbranched alkanes of at least 4 members (excludes halogenated alkanes) is 13. The van der Waals surface area contributed by atoms with Crippen molar-refractivity contribution in [3.8, 4) is 0 Å². The highest BCUT2D eigenvalue weighted by Crippen LogP contribution is 2.67. The largest absolute Gasteiger partial charge is 0.446 e. The summed E-state index contributed by atoms with van der Waals surface area (Å²) < 4.78 is 6.07. The molecule has 0 heterocycles. The number of hydrogen-bond acceptors (Lipinski definition) is 5. The van der Waals surface area contributed by atoms with Crippen LogP contribution in [-0.2, 0) is 14.3 Å². The predicted octanol–water partition coefficient (Wildman–Crippen LogP) is 12.7. The summed E-state index contributed by atoms with van der Waals surface area (Å²) >= 11 is 0. The third-order valence-electron chi connectivity index (χ3n) is 16.5. The van der Waals surface area contributed by atoms with Crippen LogP contribution in [0.3, 0.4) is 0 Å². The van der Waals surface area contributed by atoms with Gasteiger partial charge in [0.05, 0.1) is 6.54 Å². The van der Waals surface area contributed by atoms with Crippen LogP contribution in [0.15, 0.2) is 11.6 Å². The number of carbonyl (C=O) groups excluding carboxylic acids is 3. The molecule has 8 atom stereocenters. The number of carbonyl (C=O) groups is 3. The smallest absolute Gasteiger partial charge is 0.407 e. The fraction of sp³-hybridized carbons (Fsp3) is 0.906. The van der Waals surface area contributed by atoms with Crippen molar-refractivity contribution < 1.29 is 19.1 Å². The standard InChI is InChI=1S/C53H96N4O4/c1-7-8-9-10-11-12-13-14-15-16-19-26-50(59)57(40-49(58)55-36-21-18-17-20-35-54)38-23-37-56-51(60)61-44-31-33-52(5)43(39-44)27-28-45-47-30-29-46(42(4)25-22-24-41(2)3)53(47,6)34-32-48(45)52/h27,41-42,44-48H,7-26,28-40,54H2,1-6H3,(H,55,58)(H,56,60)/t42-,44+,45+,46-,47+,48+,52+,53-/m1/s1. The van der Waals surface area contributed by atoms with Crippen LogP contribution in [0, 0.1) is 46.3 Å². The average molecular weight is 853 g/mol. The Balaban J connectivity index is 1.19. The van der Waals surface area contributed by atoms with Gasteiger partial charge in [-0.2, -0.15) is 0 Å². The first-order valence-corrected chi connectivity index (χ1v) is 26.3. The molecule has 0 radical (unpaired) electrons. The fourth-order valence-electron chi connectivity index (χ4n) is 12.9. The van der Waals surface area contributed by atoms with Gasteiger partial charge in [-0.15, -0.1) is 0 Å². The lowest BCUT2D eigenvalue weighted by atomic mass is 9.47. The molecule has 4 aliphatic rings. The van der Waals surface area contributed by atoms with Crippen LogP contribution in [0.25, 0.3) is 0 Å². The predicted molar refractivity (Wildman–Crippen MR) is 254 cm³/mol. The van der Waals surface area contributed by atoms with Gasteiger partial charge in [-0.3, -0.25) is 9.59 Å². The normalized spacial score (nSPS) is 27.4. The molecule has 352 valence electrons. The minimum Gasteiger partial charge on any atom is -0.446 e. The Morgan fingerprint density at radius 2 is 1.44 bits per heavy atom. The summed E-state index contributed by atoms with van der Waals surface area (Å²) in [5.74, 6) is 4.83. The van der Waals surface area contributed by atoms with Crippen molar-refractivity contribution in [3.63, 3.8) is 0 Å². The first-order valence-electron chi connectivity index (χ1n) is 26.3. The minimum atomic E-state index is -0.359. The van der Waals surface area contributed by atoms with Gasteiger partial charge in [0, 0.05) is 32.5 Å². The second-order valence-electron chi connectivity index (χ2n) is 21.5. The van der Waals surface area contributed by atoms with E-state index in [1.165, 1.54) is 103 Å². The van der Waals surface area contributed by atoms with E-state index in [1.54, 1.807) is 10.5 Å². The van der Waals surface area contributed by atoms with Gasteiger partial charge in [0.1, 0.15) is 6.10 Å². The van der Waals surface area contributed by atoms with Crippen molar-refractivity contribution in [1.82, 2.24) is 15.5 Å². The Labute approximate surface area is 375 Å². The molecule has 4 aliphatic carbocycles. The van der Waals surface area contributed by atoms with Gasteiger partial charge in [0.25, 0.3) is 0 Å². The zero-order valence-electron chi connectivity index (χ0n) is 40.6. The molecule has 0 aromatic heterocycles.